The van der Waals surface area contributed by atoms with Crippen LogP contribution in [-0.4, -0.2) is 59.0 Å². The predicted octanol–water partition coefficient (Wildman–Crippen LogP) is 5.47. The number of nitrogens with zero attached hydrogens (tertiary/aromatic N) is 6. The molecule has 8 nitrogen and oxygen atoms in total. The second kappa shape index (κ2) is 8.77. The van der Waals surface area contributed by atoms with Gasteiger partial charge in [0.1, 0.15) is 11.2 Å². The first kappa shape index (κ1) is 22.6. The lowest BCUT2D eigenvalue weighted by atomic mass is 10.0. The Hall–Kier alpha value is -4.57. The van der Waals surface area contributed by atoms with Crippen molar-refractivity contribution in [3.05, 3.63) is 79.0 Å². The Morgan fingerprint density at radius 1 is 0.947 bits per heavy atom. The minimum Gasteiger partial charge on any atom is -0.321 e. The van der Waals surface area contributed by atoms with Gasteiger partial charge in [0.2, 0.25) is 0 Å². The maximum atomic E-state index is 13.6. The Kier molecular flexibility index (Phi) is 5.22. The third-order valence-electron chi connectivity index (χ3n) is 6.93. The first-order chi connectivity index (χ1) is 18.5. The number of aromatic nitrogens is 7. The summed E-state index contributed by atoms with van der Waals surface area (Å²) in [5, 5.41) is 8.53. The smallest absolute Gasteiger partial charge is 0.261 e. The van der Waals surface area contributed by atoms with Crippen LogP contribution in [0.25, 0.3) is 55.8 Å². The van der Waals surface area contributed by atoms with Gasteiger partial charge in [-0.3, -0.25) is 20.0 Å². The van der Waals surface area contributed by atoms with E-state index in [0.29, 0.717) is 30.3 Å². The molecule has 6 heterocycles. The number of rotatable bonds is 5. The maximum absolute atomic E-state index is 13.6. The van der Waals surface area contributed by atoms with E-state index in [1.165, 1.54) is 0 Å². The van der Waals surface area contributed by atoms with Crippen molar-refractivity contribution in [3.63, 3.8) is 0 Å². The maximum Gasteiger partial charge on any atom is 0.261 e. The minimum absolute atomic E-state index is 0.0961. The standard InChI is InChI=1S/C28H22F2N8/c29-28(30)6-9-38(16-28)15-17-10-20(14-32-12-17)18-3-4-23-22(11-18)25(37-36-23)27-34-24-21(5-8-33-26(24)35-27)19-2-1-7-31-13-19/h1-5,7-8,10-14H,6,9,15-16H2,(H,36,37)(H,33,34,35). The van der Waals surface area contributed by atoms with Crippen LogP contribution in [0.1, 0.15) is 12.0 Å². The van der Waals surface area contributed by atoms with E-state index < -0.39 is 5.92 Å². The van der Waals surface area contributed by atoms with E-state index in [0.717, 1.165) is 44.2 Å². The van der Waals surface area contributed by atoms with Crippen LogP contribution < -0.4 is 0 Å². The summed E-state index contributed by atoms with van der Waals surface area (Å²) in [6, 6.07) is 13.8. The van der Waals surface area contributed by atoms with Gasteiger partial charge in [-0.2, -0.15) is 5.10 Å². The highest BCUT2D eigenvalue weighted by molar-refractivity contribution is 5.97. The molecule has 6 aromatic rings. The molecule has 1 aliphatic rings. The van der Waals surface area contributed by atoms with Gasteiger partial charge in [0.25, 0.3) is 5.92 Å². The van der Waals surface area contributed by atoms with E-state index in [9.17, 15) is 8.78 Å². The first-order valence-corrected chi connectivity index (χ1v) is 12.3. The average molecular weight is 509 g/mol. The fraction of sp³-hybridized carbons (Fsp3) is 0.179. The van der Waals surface area contributed by atoms with E-state index in [1.807, 2.05) is 42.5 Å². The van der Waals surface area contributed by atoms with Gasteiger partial charge in [-0.25, -0.2) is 18.7 Å². The van der Waals surface area contributed by atoms with Crippen LogP contribution in [-0.2, 0) is 6.54 Å². The summed E-state index contributed by atoms with van der Waals surface area (Å²) in [6.45, 7) is 0.619. The van der Waals surface area contributed by atoms with Crippen LogP contribution in [0.4, 0.5) is 8.78 Å². The van der Waals surface area contributed by atoms with E-state index in [4.69, 9.17) is 4.98 Å². The quantitative estimate of drug-likeness (QED) is 0.321. The topological polar surface area (TPSA) is 99.3 Å². The number of halogens is 2. The molecule has 0 spiro atoms. The lowest BCUT2D eigenvalue weighted by Gasteiger charge is -2.15. The Morgan fingerprint density at radius 2 is 1.87 bits per heavy atom. The lowest BCUT2D eigenvalue weighted by Crippen LogP contribution is -2.24. The van der Waals surface area contributed by atoms with Crippen LogP contribution in [0.5, 0.6) is 0 Å². The Labute approximate surface area is 215 Å². The summed E-state index contributed by atoms with van der Waals surface area (Å²) in [4.78, 5) is 23.0. The Balaban J connectivity index is 1.24. The highest BCUT2D eigenvalue weighted by Crippen LogP contribution is 2.33. The molecular weight excluding hydrogens is 486 g/mol. The van der Waals surface area contributed by atoms with Gasteiger partial charge < -0.3 is 4.98 Å². The molecule has 0 atom stereocenters. The second-order valence-electron chi connectivity index (χ2n) is 9.61. The molecule has 2 N–H and O–H groups in total. The van der Waals surface area contributed by atoms with Crippen molar-refractivity contribution >= 4 is 22.1 Å². The summed E-state index contributed by atoms with van der Waals surface area (Å²) >= 11 is 0. The second-order valence-corrected chi connectivity index (χ2v) is 9.61. The van der Waals surface area contributed by atoms with E-state index in [2.05, 4.69) is 30.1 Å². The molecule has 0 amide bonds. The summed E-state index contributed by atoms with van der Waals surface area (Å²) in [5.41, 5.74) is 7.61. The highest BCUT2D eigenvalue weighted by Gasteiger charge is 2.37. The fourth-order valence-corrected chi connectivity index (χ4v) is 5.08. The predicted molar refractivity (Wildman–Crippen MR) is 140 cm³/mol. The molecule has 1 aromatic carbocycles. The Morgan fingerprint density at radius 3 is 2.71 bits per heavy atom. The van der Waals surface area contributed by atoms with E-state index >= 15 is 0 Å². The number of benzene rings is 1. The number of H-pyrrole nitrogens is 2. The monoisotopic (exact) mass is 508 g/mol. The first-order valence-electron chi connectivity index (χ1n) is 12.3. The van der Waals surface area contributed by atoms with Crippen molar-refractivity contribution in [1.82, 2.24) is 40.0 Å². The molecule has 188 valence electrons. The van der Waals surface area contributed by atoms with Crippen LogP contribution in [0.3, 0.4) is 0 Å². The van der Waals surface area contributed by atoms with Crippen molar-refractivity contribution < 1.29 is 8.78 Å². The summed E-state index contributed by atoms with van der Waals surface area (Å²) in [6.07, 6.45) is 8.72. The van der Waals surface area contributed by atoms with Gasteiger partial charge in [0.05, 0.1) is 12.1 Å². The van der Waals surface area contributed by atoms with Crippen LogP contribution in [0.15, 0.2) is 73.4 Å². The largest absolute Gasteiger partial charge is 0.321 e. The molecule has 38 heavy (non-hydrogen) atoms. The minimum atomic E-state index is -2.61. The molecular formula is C28H22F2N8. The van der Waals surface area contributed by atoms with Crippen molar-refractivity contribution in [1.29, 1.82) is 0 Å². The third-order valence-corrected chi connectivity index (χ3v) is 6.93. The number of alkyl halides is 2. The molecule has 10 heteroatoms. The van der Waals surface area contributed by atoms with Gasteiger partial charge in [0.15, 0.2) is 11.5 Å². The Bertz CT molecular complexity index is 1780. The van der Waals surface area contributed by atoms with Crippen LogP contribution in [0, 0.1) is 0 Å². The molecule has 0 aliphatic carbocycles. The zero-order valence-corrected chi connectivity index (χ0v) is 20.2. The molecule has 5 aromatic heterocycles. The SMILES string of the molecule is FC1(F)CCN(Cc2cncc(-c3ccc4[nH]nc(-c5nc6c(-c7cccnc7)ccnc6[nH]5)c4c3)c2)C1. The summed E-state index contributed by atoms with van der Waals surface area (Å²) in [5.74, 6) is -2.01. The molecule has 1 aliphatic heterocycles. The lowest BCUT2D eigenvalue weighted by molar-refractivity contribution is 0.0115. The molecule has 0 saturated carbocycles. The van der Waals surface area contributed by atoms with Gasteiger partial charge in [-0.15, -0.1) is 0 Å². The molecule has 0 radical (unpaired) electrons. The summed E-state index contributed by atoms with van der Waals surface area (Å²) < 4.78 is 27.3. The number of imidazole rings is 1. The highest BCUT2D eigenvalue weighted by atomic mass is 19.3. The van der Waals surface area contributed by atoms with Gasteiger partial charge in [-0.1, -0.05) is 12.1 Å². The number of aromatic amines is 2. The molecule has 7 rings (SSSR count). The number of hydrogen-bond acceptors (Lipinski definition) is 6. The fourth-order valence-electron chi connectivity index (χ4n) is 5.08. The molecule has 0 unspecified atom stereocenters. The van der Waals surface area contributed by atoms with Crippen molar-refractivity contribution in [2.75, 3.05) is 13.1 Å². The number of likely N-dealkylation sites (tertiary alicyclic amines) is 1. The normalized spacial score (nSPS) is 15.5. The van der Waals surface area contributed by atoms with Crippen molar-refractivity contribution in [2.45, 2.75) is 18.9 Å². The van der Waals surface area contributed by atoms with Gasteiger partial charge >= 0.3 is 0 Å². The number of nitrogens with one attached hydrogen (secondary N) is 2. The van der Waals surface area contributed by atoms with E-state index in [-0.39, 0.29) is 13.0 Å². The van der Waals surface area contributed by atoms with E-state index in [1.54, 1.807) is 35.9 Å². The summed E-state index contributed by atoms with van der Waals surface area (Å²) in [7, 11) is 0. The number of fused-ring (bicyclic) bond motifs is 2. The number of pyridine rings is 3. The molecule has 1 fully saturated rings. The van der Waals surface area contributed by atoms with Gasteiger partial charge in [-0.05, 0) is 41.5 Å². The van der Waals surface area contributed by atoms with Crippen LogP contribution >= 0.6 is 0 Å². The third kappa shape index (κ3) is 4.08. The van der Waals surface area contributed by atoms with Crippen LogP contribution in [0.2, 0.25) is 0 Å². The zero-order chi connectivity index (χ0) is 25.7. The molecule has 1 saturated heterocycles. The molecule has 0 bridgehead atoms. The average Bonchev–Trinajstić information content (AvgIpc) is 3.64. The van der Waals surface area contributed by atoms with Crippen molar-refractivity contribution in [2.24, 2.45) is 0 Å². The number of hydrogen-bond donors (Lipinski definition) is 2. The van der Waals surface area contributed by atoms with Gasteiger partial charge in [0, 0.05) is 72.6 Å². The zero-order valence-electron chi connectivity index (χ0n) is 20.2. The van der Waals surface area contributed by atoms with Crippen molar-refractivity contribution in [3.8, 4) is 33.8 Å².